The van der Waals surface area contributed by atoms with Gasteiger partial charge in [-0.15, -0.1) is 0 Å². The average molecular weight is 290 g/mol. The van der Waals surface area contributed by atoms with E-state index in [1.807, 2.05) is 24.3 Å². The van der Waals surface area contributed by atoms with Crippen LogP contribution in [-0.2, 0) is 20.7 Å². The molecule has 1 aliphatic heterocycles. The van der Waals surface area contributed by atoms with Crippen molar-refractivity contribution in [3.8, 4) is 0 Å². The van der Waals surface area contributed by atoms with Crippen LogP contribution in [-0.4, -0.2) is 24.2 Å². The molecule has 0 unspecified atom stereocenters. The monoisotopic (exact) mass is 290 g/mol. The van der Waals surface area contributed by atoms with Gasteiger partial charge in [-0.3, -0.25) is 4.79 Å². The second kappa shape index (κ2) is 6.38. The molecule has 1 aliphatic rings. The van der Waals surface area contributed by atoms with Gasteiger partial charge in [0.05, 0.1) is 17.7 Å². The molecule has 20 heavy (non-hydrogen) atoms. The van der Waals surface area contributed by atoms with Crippen molar-refractivity contribution >= 4 is 34.5 Å². The lowest BCUT2D eigenvalue weighted by Crippen LogP contribution is -2.19. The number of aliphatic imine (C=N–C) groups is 1. The van der Waals surface area contributed by atoms with Gasteiger partial charge in [-0.05, 0) is 35.9 Å². The molecule has 1 amide bonds. The summed E-state index contributed by atoms with van der Waals surface area (Å²) in [4.78, 5) is 27.4. The first kappa shape index (κ1) is 14.3. The lowest BCUT2D eigenvalue weighted by molar-refractivity contribution is -0.135. The maximum absolute atomic E-state index is 11.6. The average Bonchev–Trinajstić information content (AvgIpc) is 2.79. The van der Waals surface area contributed by atoms with Crippen LogP contribution in [0.4, 0.5) is 5.69 Å². The Bertz CT molecular complexity index is 591. The Morgan fingerprint density at radius 3 is 2.70 bits per heavy atom. The van der Waals surface area contributed by atoms with Crippen molar-refractivity contribution in [3.05, 3.63) is 40.8 Å². The standard InChI is InChI=1S/C14H14N2O3S/c1-3-9-4-6-10(7-5-9)15-14-16-13(18)11(20-14)8-12(17)19-2/h4-8H,3H2,1-2H3,(H,15,16,18)/b11-8-. The van der Waals surface area contributed by atoms with Gasteiger partial charge in [-0.25, -0.2) is 9.79 Å². The zero-order valence-electron chi connectivity index (χ0n) is 11.2. The van der Waals surface area contributed by atoms with Crippen LogP contribution in [0.5, 0.6) is 0 Å². The molecule has 1 aromatic carbocycles. The fourth-order valence-corrected chi connectivity index (χ4v) is 2.37. The minimum absolute atomic E-state index is 0.278. The Morgan fingerprint density at radius 2 is 2.10 bits per heavy atom. The first-order valence-corrected chi connectivity index (χ1v) is 6.90. The molecule has 104 valence electrons. The van der Waals surface area contributed by atoms with Crippen LogP contribution >= 0.6 is 11.8 Å². The van der Waals surface area contributed by atoms with Crippen molar-refractivity contribution in [2.45, 2.75) is 13.3 Å². The molecule has 0 aromatic heterocycles. The van der Waals surface area contributed by atoms with Gasteiger partial charge in [-0.1, -0.05) is 19.1 Å². The number of esters is 1. The van der Waals surface area contributed by atoms with Gasteiger partial charge in [0, 0.05) is 6.08 Å². The second-order valence-corrected chi connectivity index (χ2v) is 5.06. The van der Waals surface area contributed by atoms with Crippen LogP contribution in [0.1, 0.15) is 12.5 Å². The molecule has 2 rings (SSSR count). The molecule has 5 nitrogen and oxygen atoms in total. The van der Waals surface area contributed by atoms with Gasteiger partial charge in [0.25, 0.3) is 5.91 Å². The number of methoxy groups -OCH3 is 1. The maximum Gasteiger partial charge on any atom is 0.331 e. The first-order chi connectivity index (χ1) is 9.62. The summed E-state index contributed by atoms with van der Waals surface area (Å²) in [5.41, 5.74) is 1.98. The van der Waals surface area contributed by atoms with Crippen LogP contribution in [0.2, 0.25) is 0 Å². The molecule has 1 N–H and O–H groups in total. The van der Waals surface area contributed by atoms with Crippen molar-refractivity contribution in [1.29, 1.82) is 0 Å². The quantitative estimate of drug-likeness (QED) is 0.684. The van der Waals surface area contributed by atoms with E-state index in [-0.39, 0.29) is 10.8 Å². The SMILES string of the molecule is CCc1ccc(N=C2NC(=O)/C(=C/C(=O)OC)S2)cc1. The molecule has 0 saturated carbocycles. The number of ether oxygens (including phenoxy) is 1. The Kier molecular flexibility index (Phi) is 4.57. The molecule has 1 aromatic rings. The third-order valence-electron chi connectivity index (χ3n) is 2.68. The number of thioether (sulfide) groups is 1. The number of hydrogen-bond acceptors (Lipinski definition) is 5. The molecule has 1 fully saturated rings. The number of amidine groups is 1. The number of nitrogens with one attached hydrogen (secondary N) is 1. The van der Waals surface area contributed by atoms with Crippen LogP contribution in [0.3, 0.4) is 0 Å². The van der Waals surface area contributed by atoms with Gasteiger partial charge < -0.3 is 10.1 Å². The van der Waals surface area contributed by atoms with Gasteiger partial charge in [0.1, 0.15) is 0 Å². The summed E-state index contributed by atoms with van der Waals surface area (Å²) < 4.78 is 4.49. The summed E-state index contributed by atoms with van der Waals surface area (Å²) in [7, 11) is 1.27. The van der Waals surface area contributed by atoms with Gasteiger partial charge in [0.15, 0.2) is 5.17 Å². The predicted octanol–water partition coefficient (Wildman–Crippen LogP) is 2.16. The minimum atomic E-state index is -0.559. The summed E-state index contributed by atoms with van der Waals surface area (Å²) in [6.07, 6.45) is 2.12. The van der Waals surface area contributed by atoms with E-state index in [1.54, 1.807) is 0 Å². The molecule has 0 bridgehead atoms. The molecule has 1 saturated heterocycles. The van der Waals surface area contributed by atoms with E-state index in [0.29, 0.717) is 5.17 Å². The van der Waals surface area contributed by atoms with E-state index < -0.39 is 5.97 Å². The molecule has 6 heteroatoms. The van der Waals surface area contributed by atoms with E-state index in [0.717, 1.165) is 29.9 Å². The zero-order valence-corrected chi connectivity index (χ0v) is 12.0. The Labute approximate surface area is 121 Å². The van der Waals surface area contributed by atoms with E-state index >= 15 is 0 Å². The van der Waals surface area contributed by atoms with Gasteiger partial charge >= 0.3 is 5.97 Å². The normalized spacial score (nSPS) is 18.4. The van der Waals surface area contributed by atoms with Crippen molar-refractivity contribution < 1.29 is 14.3 Å². The number of carbonyl (C=O) groups is 2. The maximum atomic E-state index is 11.6. The van der Waals surface area contributed by atoms with E-state index in [2.05, 4.69) is 22.0 Å². The van der Waals surface area contributed by atoms with E-state index in [4.69, 9.17) is 0 Å². The van der Waals surface area contributed by atoms with E-state index in [9.17, 15) is 9.59 Å². The highest BCUT2D eigenvalue weighted by Crippen LogP contribution is 2.26. The lowest BCUT2D eigenvalue weighted by Gasteiger charge is -1.98. The summed E-state index contributed by atoms with van der Waals surface area (Å²) >= 11 is 1.12. The molecular formula is C14H14N2O3S. The van der Waals surface area contributed by atoms with Crippen LogP contribution in [0, 0.1) is 0 Å². The molecule has 1 heterocycles. The van der Waals surface area contributed by atoms with Crippen molar-refractivity contribution in [2.24, 2.45) is 4.99 Å². The molecule has 0 spiro atoms. The van der Waals surface area contributed by atoms with E-state index in [1.165, 1.54) is 12.7 Å². The Balaban J connectivity index is 2.14. The molecule has 0 atom stereocenters. The summed E-state index contributed by atoms with van der Waals surface area (Å²) in [5.74, 6) is -0.902. The number of aryl methyl sites for hydroxylation is 1. The summed E-state index contributed by atoms with van der Waals surface area (Å²) in [6, 6.07) is 7.76. The number of hydrogen-bond donors (Lipinski definition) is 1. The fourth-order valence-electron chi connectivity index (χ4n) is 1.57. The molecule has 0 radical (unpaired) electrons. The predicted molar refractivity (Wildman–Crippen MR) is 78.7 cm³/mol. The Morgan fingerprint density at radius 1 is 1.40 bits per heavy atom. The largest absolute Gasteiger partial charge is 0.466 e. The second-order valence-electron chi connectivity index (χ2n) is 4.02. The highest BCUT2D eigenvalue weighted by atomic mass is 32.2. The Hall–Kier alpha value is -2.08. The lowest BCUT2D eigenvalue weighted by atomic mass is 10.2. The fraction of sp³-hybridized carbons (Fsp3) is 0.214. The number of rotatable bonds is 3. The van der Waals surface area contributed by atoms with Crippen molar-refractivity contribution in [2.75, 3.05) is 7.11 Å². The summed E-state index contributed by atoms with van der Waals surface area (Å²) in [5, 5.41) is 3.06. The summed E-state index contributed by atoms with van der Waals surface area (Å²) in [6.45, 7) is 2.08. The van der Waals surface area contributed by atoms with Crippen LogP contribution in [0.15, 0.2) is 40.2 Å². The number of amides is 1. The number of carbonyl (C=O) groups excluding carboxylic acids is 2. The van der Waals surface area contributed by atoms with Gasteiger partial charge in [0.2, 0.25) is 0 Å². The van der Waals surface area contributed by atoms with Crippen LogP contribution < -0.4 is 5.32 Å². The number of benzene rings is 1. The zero-order chi connectivity index (χ0) is 14.5. The smallest absolute Gasteiger partial charge is 0.331 e. The first-order valence-electron chi connectivity index (χ1n) is 6.09. The third kappa shape index (κ3) is 3.48. The van der Waals surface area contributed by atoms with Gasteiger partial charge in [-0.2, -0.15) is 0 Å². The van der Waals surface area contributed by atoms with Crippen molar-refractivity contribution in [3.63, 3.8) is 0 Å². The minimum Gasteiger partial charge on any atom is -0.466 e. The van der Waals surface area contributed by atoms with Crippen LogP contribution in [0.25, 0.3) is 0 Å². The van der Waals surface area contributed by atoms with Crippen molar-refractivity contribution in [1.82, 2.24) is 5.32 Å². The highest BCUT2D eigenvalue weighted by molar-refractivity contribution is 8.18. The highest BCUT2D eigenvalue weighted by Gasteiger charge is 2.24. The number of nitrogens with zero attached hydrogens (tertiary/aromatic N) is 1. The molecular weight excluding hydrogens is 276 g/mol. The molecule has 0 aliphatic carbocycles. The topological polar surface area (TPSA) is 67.8 Å². The third-order valence-corrected chi connectivity index (χ3v) is 3.59.